The number of hydrogen-bond donors (Lipinski definition) is 1. The van der Waals surface area contributed by atoms with Crippen molar-refractivity contribution in [1.82, 2.24) is 25.2 Å². The number of amides is 1. The maximum Gasteiger partial charge on any atom is 0.258 e. The smallest absolute Gasteiger partial charge is 0.258 e. The van der Waals surface area contributed by atoms with Crippen molar-refractivity contribution >= 4 is 17.0 Å². The van der Waals surface area contributed by atoms with Crippen LogP contribution >= 0.6 is 0 Å². The highest BCUT2D eigenvalue weighted by molar-refractivity contribution is 6.06. The van der Waals surface area contributed by atoms with E-state index in [0.717, 1.165) is 17.8 Å². The molecule has 33 heavy (non-hydrogen) atoms. The van der Waals surface area contributed by atoms with E-state index in [0.29, 0.717) is 54.2 Å². The predicted molar refractivity (Wildman–Crippen MR) is 119 cm³/mol. The second-order valence-electron chi connectivity index (χ2n) is 8.34. The molecule has 1 saturated heterocycles. The largest absolute Gasteiger partial charge is 0.490 e. The molecule has 1 fully saturated rings. The number of para-hydroxylation sites is 1. The lowest BCUT2D eigenvalue weighted by Gasteiger charge is -2.17. The molecule has 0 unspecified atom stereocenters. The molecule has 1 atom stereocenters. The third kappa shape index (κ3) is 4.18. The first kappa shape index (κ1) is 21.1. The summed E-state index contributed by atoms with van der Waals surface area (Å²) in [5, 5.41) is 12.1. The van der Waals surface area contributed by atoms with Crippen LogP contribution < -0.4 is 4.74 Å². The predicted octanol–water partition coefficient (Wildman–Crippen LogP) is 3.95. The first-order chi connectivity index (χ1) is 16.0. The van der Waals surface area contributed by atoms with E-state index in [1.54, 1.807) is 24.3 Å². The average Bonchev–Trinajstić information content (AvgIpc) is 3.54. The minimum Gasteiger partial charge on any atom is -0.490 e. The van der Waals surface area contributed by atoms with Gasteiger partial charge in [-0.2, -0.15) is 5.10 Å². The summed E-state index contributed by atoms with van der Waals surface area (Å²) >= 11 is 0. The van der Waals surface area contributed by atoms with Gasteiger partial charge in [-0.15, -0.1) is 0 Å². The van der Waals surface area contributed by atoms with Gasteiger partial charge in [-0.1, -0.05) is 17.3 Å². The molecule has 0 aliphatic carbocycles. The highest BCUT2D eigenvalue weighted by Gasteiger charge is 2.31. The highest BCUT2D eigenvalue weighted by Crippen LogP contribution is 2.30. The fraction of sp³-hybridized carbons (Fsp3) is 0.333. The van der Waals surface area contributed by atoms with Crippen molar-refractivity contribution in [3.8, 4) is 5.75 Å². The molecular formula is C24H24FN5O3. The van der Waals surface area contributed by atoms with E-state index in [1.807, 2.05) is 24.8 Å². The molecule has 4 aromatic rings. The fourth-order valence-corrected chi connectivity index (χ4v) is 4.29. The Hall–Kier alpha value is -3.75. The van der Waals surface area contributed by atoms with Gasteiger partial charge in [-0.25, -0.2) is 9.37 Å². The van der Waals surface area contributed by atoms with Crippen molar-refractivity contribution in [3.63, 3.8) is 0 Å². The average molecular weight is 449 g/mol. The van der Waals surface area contributed by atoms with E-state index in [9.17, 15) is 9.18 Å². The Bertz CT molecular complexity index is 1310. The summed E-state index contributed by atoms with van der Waals surface area (Å²) in [4.78, 5) is 19.5. The van der Waals surface area contributed by atoms with Gasteiger partial charge in [0.15, 0.2) is 11.6 Å². The van der Waals surface area contributed by atoms with Crippen molar-refractivity contribution < 1.29 is 18.4 Å². The number of ether oxygens (including phenoxy) is 1. The van der Waals surface area contributed by atoms with E-state index in [1.165, 1.54) is 6.07 Å². The second kappa shape index (κ2) is 8.65. The fourth-order valence-electron chi connectivity index (χ4n) is 4.29. The molecule has 8 nitrogen and oxygen atoms in total. The minimum absolute atomic E-state index is 0.0478. The van der Waals surface area contributed by atoms with Crippen LogP contribution in [-0.4, -0.2) is 50.8 Å². The van der Waals surface area contributed by atoms with E-state index >= 15 is 0 Å². The third-order valence-corrected chi connectivity index (χ3v) is 5.99. The molecule has 1 aromatic carbocycles. The van der Waals surface area contributed by atoms with Crippen molar-refractivity contribution in [1.29, 1.82) is 0 Å². The lowest BCUT2D eigenvalue weighted by molar-refractivity contribution is 0.0792. The van der Waals surface area contributed by atoms with Gasteiger partial charge in [0.2, 0.25) is 0 Å². The van der Waals surface area contributed by atoms with Gasteiger partial charge in [0.1, 0.15) is 0 Å². The van der Waals surface area contributed by atoms with Crippen LogP contribution in [0.4, 0.5) is 4.39 Å². The molecule has 0 bridgehead atoms. The normalized spacial score (nSPS) is 16.0. The van der Waals surface area contributed by atoms with Crippen molar-refractivity contribution in [2.75, 3.05) is 19.7 Å². The van der Waals surface area contributed by atoms with Crippen LogP contribution in [0, 0.1) is 19.7 Å². The third-order valence-electron chi connectivity index (χ3n) is 5.99. The molecule has 1 aliphatic heterocycles. The number of likely N-dealkylation sites (tertiary alicyclic amines) is 1. The summed E-state index contributed by atoms with van der Waals surface area (Å²) in [6.45, 7) is 5.22. The number of nitrogens with zero attached hydrogens (tertiary/aromatic N) is 4. The van der Waals surface area contributed by atoms with Gasteiger partial charge < -0.3 is 14.2 Å². The van der Waals surface area contributed by atoms with E-state index < -0.39 is 0 Å². The zero-order valence-electron chi connectivity index (χ0n) is 18.5. The van der Waals surface area contributed by atoms with Crippen LogP contribution in [0.15, 0.2) is 40.9 Å². The molecule has 1 amide bonds. The minimum atomic E-state index is -0.374. The summed E-state index contributed by atoms with van der Waals surface area (Å²) in [6.07, 6.45) is 1.41. The van der Waals surface area contributed by atoms with Crippen molar-refractivity contribution in [2.45, 2.75) is 32.6 Å². The molecule has 0 radical (unpaired) electrons. The molecule has 9 heteroatoms. The number of pyridine rings is 1. The number of fused-ring (bicyclic) bond motifs is 1. The topological polar surface area (TPSA) is 97.1 Å². The summed E-state index contributed by atoms with van der Waals surface area (Å²) in [5.74, 6) is -0.0333. The number of carbonyl (C=O) groups is 1. The highest BCUT2D eigenvalue weighted by atomic mass is 19.1. The zero-order valence-corrected chi connectivity index (χ0v) is 18.5. The number of benzene rings is 1. The summed E-state index contributed by atoms with van der Waals surface area (Å²) in [7, 11) is 0. The lowest BCUT2D eigenvalue weighted by Crippen LogP contribution is -2.28. The van der Waals surface area contributed by atoms with Crippen LogP contribution in [0.25, 0.3) is 11.1 Å². The zero-order chi connectivity index (χ0) is 22.9. The van der Waals surface area contributed by atoms with Crippen LogP contribution in [0.5, 0.6) is 5.75 Å². The number of hydrogen-bond acceptors (Lipinski definition) is 6. The maximum atomic E-state index is 13.7. The van der Waals surface area contributed by atoms with Crippen LogP contribution in [0.1, 0.15) is 45.5 Å². The van der Waals surface area contributed by atoms with E-state index in [4.69, 9.17) is 9.26 Å². The Labute approximate surface area is 189 Å². The standard InChI is InChI=1S/C24H24FN5O3/c1-14-11-18(22-15(2)29-33-23(22)26-14)24(31)30-9-7-16(13-30)20-12-17(27-28-20)8-10-32-21-6-4-3-5-19(21)25/h3-6,11-12,16H,7-10,13H2,1-2H3,(H,27,28)/t16-/m1/s1. The Kier molecular flexibility index (Phi) is 5.53. The Morgan fingerprint density at radius 2 is 2.15 bits per heavy atom. The summed E-state index contributed by atoms with van der Waals surface area (Å²) in [6, 6.07) is 10.1. The van der Waals surface area contributed by atoms with Crippen molar-refractivity contribution in [3.05, 3.63) is 70.6 Å². The van der Waals surface area contributed by atoms with E-state index in [2.05, 4.69) is 20.3 Å². The SMILES string of the molecule is Cc1cc(C(=O)N2CC[C@@H](c3cc(CCOc4ccccc4F)[nH]n3)C2)c2c(C)noc2n1. The van der Waals surface area contributed by atoms with Gasteiger partial charge in [0.25, 0.3) is 11.6 Å². The van der Waals surface area contributed by atoms with E-state index in [-0.39, 0.29) is 23.4 Å². The monoisotopic (exact) mass is 449 g/mol. The van der Waals surface area contributed by atoms with Crippen LogP contribution in [-0.2, 0) is 6.42 Å². The Morgan fingerprint density at radius 3 is 3.00 bits per heavy atom. The Morgan fingerprint density at radius 1 is 1.30 bits per heavy atom. The van der Waals surface area contributed by atoms with Gasteiger partial charge >= 0.3 is 0 Å². The lowest BCUT2D eigenvalue weighted by atomic mass is 10.0. The molecule has 3 aromatic heterocycles. The number of H-pyrrole nitrogens is 1. The van der Waals surface area contributed by atoms with Gasteiger partial charge in [0.05, 0.1) is 28.9 Å². The first-order valence-electron chi connectivity index (χ1n) is 10.9. The number of carbonyl (C=O) groups excluding carboxylic acids is 1. The van der Waals surface area contributed by atoms with Crippen LogP contribution in [0.3, 0.4) is 0 Å². The number of aryl methyl sites for hydroxylation is 2. The molecule has 1 aliphatic rings. The maximum absolute atomic E-state index is 13.7. The number of nitrogens with one attached hydrogen (secondary N) is 1. The van der Waals surface area contributed by atoms with Gasteiger partial charge in [-0.05, 0) is 44.5 Å². The summed E-state index contributed by atoms with van der Waals surface area (Å²) in [5.41, 5.74) is 4.17. The van der Waals surface area contributed by atoms with Gasteiger partial charge in [0, 0.05) is 36.8 Å². The van der Waals surface area contributed by atoms with Gasteiger partial charge in [-0.3, -0.25) is 9.89 Å². The number of aromatic amines is 1. The quantitative estimate of drug-likeness (QED) is 0.479. The second-order valence-corrected chi connectivity index (χ2v) is 8.34. The Balaban J connectivity index is 1.23. The summed E-state index contributed by atoms with van der Waals surface area (Å²) < 4.78 is 24.5. The molecule has 4 heterocycles. The number of halogens is 1. The molecule has 0 spiro atoms. The number of aromatic nitrogens is 4. The molecule has 170 valence electrons. The molecular weight excluding hydrogens is 425 g/mol. The van der Waals surface area contributed by atoms with Crippen LogP contribution in [0.2, 0.25) is 0 Å². The molecule has 1 N–H and O–H groups in total. The van der Waals surface area contributed by atoms with Crippen molar-refractivity contribution in [2.24, 2.45) is 0 Å². The molecule has 5 rings (SSSR count). The first-order valence-corrected chi connectivity index (χ1v) is 10.9. The number of rotatable bonds is 6. The molecule has 0 saturated carbocycles.